The highest BCUT2D eigenvalue weighted by Gasteiger charge is 2.14. The van der Waals surface area contributed by atoms with Crippen LogP contribution in [0.15, 0.2) is 30.5 Å². The molecular formula is C14H13ClNO3-. The highest BCUT2D eigenvalue weighted by molar-refractivity contribution is 6.30. The number of hydrogen-bond donors (Lipinski definition) is 1. The van der Waals surface area contributed by atoms with E-state index in [1.54, 1.807) is 42.0 Å². The SMILES string of the molecule is Cc1c(C(=O)[O-])c(-c2ccc(Cl)cc2)cn1CCO. The fraction of sp³-hybridized carbons (Fsp3) is 0.214. The Kier molecular flexibility index (Phi) is 3.93. The third-order valence-corrected chi connectivity index (χ3v) is 3.30. The summed E-state index contributed by atoms with van der Waals surface area (Å²) in [5.41, 5.74) is 2.04. The molecule has 0 radical (unpaired) electrons. The van der Waals surface area contributed by atoms with Crippen molar-refractivity contribution in [1.29, 1.82) is 0 Å². The topological polar surface area (TPSA) is 65.3 Å². The standard InChI is InChI=1S/C14H14ClNO3/c1-9-13(14(18)19)12(8-16(9)6-7-17)10-2-4-11(15)5-3-10/h2-5,8,17H,6-7H2,1H3,(H,18,19)/p-1. The predicted octanol–water partition coefficient (Wildman–Crippen LogP) is 1.47. The molecule has 19 heavy (non-hydrogen) atoms. The summed E-state index contributed by atoms with van der Waals surface area (Å²) < 4.78 is 1.70. The predicted molar refractivity (Wildman–Crippen MR) is 71.0 cm³/mol. The summed E-state index contributed by atoms with van der Waals surface area (Å²) in [4.78, 5) is 11.3. The number of aromatic nitrogens is 1. The zero-order valence-electron chi connectivity index (χ0n) is 10.4. The number of benzene rings is 1. The number of carbonyl (C=O) groups is 1. The fourth-order valence-corrected chi connectivity index (χ4v) is 2.23. The number of carboxylic acids is 1. The maximum absolute atomic E-state index is 11.3. The molecule has 0 bridgehead atoms. The van der Waals surface area contributed by atoms with Crippen molar-refractivity contribution in [2.75, 3.05) is 6.61 Å². The van der Waals surface area contributed by atoms with Gasteiger partial charge >= 0.3 is 0 Å². The van der Waals surface area contributed by atoms with Gasteiger partial charge in [0.1, 0.15) is 0 Å². The molecule has 0 aliphatic carbocycles. The van der Waals surface area contributed by atoms with Crippen LogP contribution in [0.2, 0.25) is 5.02 Å². The van der Waals surface area contributed by atoms with Crippen LogP contribution >= 0.6 is 11.6 Å². The third kappa shape index (κ3) is 2.64. The normalized spacial score (nSPS) is 10.7. The summed E-state index contributed by atoms with van der Waals surface area (Å²) in [6.45, 7) is 1.99. The van der Waals surface area contributed by atoms with Crippen LogP contribution in [0, 0.1) is 6.92 Å². The Hall–Kier alpha value is -1.78. The minimum atomic E-state index is -1.22. The van der Waals surface area contributed by atoms with Gasteiger partial charge in [-0.25, -0.2) is 0 Å². The second kappa shape index (κ2) is 5.47. The Morgan fingerprint density at radius 2 is 2.00 bits per heavy atom. The molecule has 5 heteroatoms. The van der Waals surface area contributed by atoms with E-state index in [9.17, 15) is 9.90 Å². The molecule has 0 atom stereocenters. The lowest BCUT2D eigenvalue weighted by atomic mass is 10.0. The summed E-state index contributed by atoms with van der Waals surface area (Å²) in [6.07, 6.45) is 1.71. The van der Waals surface area contributed by atoms with Crippen molar-refractivity contribution in [3.8, 4) is 11.1 Å². The number of aliphatic hydroxyl groups excluding tert-OH is 1. The van der Waals surface area contributed by atoms with Crippen molar-refractivity contribution in [2.24, 2.45) is 0 Å². The van der Waals surface area contributed by atoms with Crippen LogP contribution in [0.4, 0.5) is 0 Å². The lowest BCUT2D eigenvalue weighted by Gasteiger charge is -2.07. The zero-order chi connectivity index (χ0) is 14.0. The molecule has 0 spiro atoms. The summed E-state index contributed by atoms with van der Waals surface area (Å²) in [5, 5.41) is 20.9. The lowest BCUT2D eigenvalue weighted by molar-refractivity contribution is -0.255. The van der Waals surface area contributed by atoms with Crippen molar-refractivity contribution in [3.63, 3.8) is 0 Å². The first-order valence-corrected chi connectivity index (χ1v) is 6.20. The average Bonchev–Trinajstić information content (AvgIpc) is 2.68. The van der Waals surface area contributed by atoms with Crippen LogP contribution in [0.1, 0.15) is 16.1 Å². The van der Waals surface area contributed by atoms with E-state index in [4.69, 9.17) is 16.7 Å². The monoisotopic (exact) mass is 278 g/mol. The van der Waals surface area contributed by atoms with E-state index in [1.165, 1.54) is 0 Å². The largest absolute Gasteiger partial charge is 0.545 e. The highest BCUT2D eigenvalue weighted by atomic mass is 35.5. The average molecular weight is 279 g/mol. The van der Waals surface area contributed by atoms with Crippen LogP contribution in [-0.2, 0) is 6.54 Å². The molecule has 1 heterocycles. The summed E-state index contributed by atoms with van der Waals surface area (Å²) in [5.74, 6) is -1.22. The van der Waals surface area contributed by atoms with Crippen molar-refractivity contribution in [1.82, 2.24) is 4.57 Å². The van der Waals surface area contributed by atoms with Crippen LogP contribution in [-0.4, -0.2) is 22.2 Å². The van der Waals surface area contributed by atoms with Gasteiger partial charge < -0.3 is 19.6 Å². The first-order chi connectivity index (χ1) is 9.04. The molecule has 0 unspecified atom stereocenters. The number of aromatic carboxylic acids is 1. The van der Waals surface area contributed by atoms with E-state index in [0.717, 1.165) is 5.56 Å². The molecule has 0 saturated carbocycles. The van der Waals surface area contributed by atoms with Gasteiger partial charge in [0.25, 0.3) is 0 Å². The number of carboxylic acid groups (broad SMARTS) is 1. The van der Waals surface area contributed by atoms with Crippen molar-refractivity contribution in [3.05, 3.63) is 46.7 Å². The Bertz CT molecular complexity index is 602. The molecule has 100 valence electrons. The van der Waals surface area contributed by atoms with Crippen LogP contribution in [0.3, 0.4) is 0 Å². The number of hydrogen-bond acceptors (Lipinski definition) is 3. The van der Waals surface area contributed by atoms with Crippen molar-refractivity contribution < 1.29 is 15.0 Å². The van der Waals surface area contributed by atoms with E-state index in [-0.39, 0.29) is 12.2 Å². The summed E-state index contributed by atoms with van der Waals surface area (Å²) in [7, 11) is 0. The van der Waals surface area contributed by atoms with Gasteiger partial charge in [0.05, 0.1) is 12.6 Å². The van der Waals surface area contributed by atoms with Gasteiger partial charge in [-0.15, -0.1) is 0 Å². The maximum atomic E-state index is 11.3. The molecular weight excluding hydrogens is 266 g/mol. The van der Waals surface area contributed by atoms with E-state index in [0.29, 0.717) is 22.8 Å². The highest BCUT2D eigenvalue weighted by Crippen LogP contribution is 2.28. The quantitative estimate of drug-likeness (QED) is 0.921. The first-order valence-electron chi connectivity index (χ1n) is 5.82. The van der Waals surface area contributed by atoms with Crippen molar-refractivity contribution in [2.45, 2.75) is 13.5 Å². The molecule has 1 aromatic heterocycles. The summed E-state index contributed by atoms with van der Waals surface area (Å²) >= 11 is 5.82. The minimum Gasteiger partial charge on any atom is -0.545 e. The molecule has 1 aromatic carbocycles. The van der Waals surface area contributed by atoms with Gasteiger partial charge in [0, 0.05) is 34.6 Å². The third-order valence-electron chi connectivity index (χ3n) is 3.05. The Morgan fingerprint density at radius 1 is 1.37 bits per heavy atom. The van der Waals surface area contributed by atoms with Crippen LogP contribution in [0.5, 0.6) is 0 Å². The Balaban J connectivity index is 2.58. The molecule has 2 aromatic rings. The van der Waals surface area contributed by atoms with E-state index in [1.807, 2.05) is 0 Å². The number of rotatable bonds is 4. The fourth-order valence-electron chi connectivity index (χ4n) is 2.10. The molecule has 2 rings (SSSR count). The Morgan fingerprint density at radius 3 is 2.53 bits per heavy atom. The second-order valence-electron chi connectivity index (χ2n) is 4.21. The smallest absolute Gasteiger partial charge is 0.0739 e. The van der Waals surface area contributed by atoms with Gasteiger partial charge in [-0.2, -0.15) is 0 Å². The molecule has 0 amide bonds. The maximum Gasteiger partial charge on any atom is 0.0739 e. The minimum absolute atomic E-state index is 0.0535. The van der Waals surface area contributed by atoms with Crippen molar-refractivity contribution >= 4 is 17.6 Å². The van der Waals surface area contributed by atoms with E-state index >= 15 is 0 Å². The van der Waals surface area contributed by atoms with Gasteiger partial charge in [-0.05, 0) is 24.6 Å². The van der Waals surface area contributed by atoms with Gasteiger partial charge in [0.2, 0.25) is 0 Å². The van der Waals surface area contributed by atoms with E-state index in [2.05, 4.69) is 0 Å². The van der Waals surface area contributed by atoms with Gasteiger partial charge in [0.15, 0.2) is 0 Å². The molecule has 4 nitrogen and oxygen atoms in total. The number of aliphatic hydroxyl groups is 1. The molecule has 0 fully saturated rings. The van der Waals surface area contributed by atoms with E-state index < -0.39 is 5.97 Å². The number of carbonyl (C=O) groups excluding carboxylic acids is 1. The molecule has 0 aliphatic heterocycles. The lowest BCUT2D eigenvalue weighted by Crippen LogP contribution is -2.23. The molecule has 0 aliphatic rings. The molecule has 0 saturated heterocycles. The Labute approximate surface area is 115 Å². The van der Waals surface area contributed by atoms with Gasteiger partial charge in [-0.1, -0.05) is 23.7 Å². The zero-order valence-corrected chi connectivity index (χ0v) is 11.1. The number of halogens is 1. The number of nitrogens with zero attached hydrogens (tertiary/aromatic N) is 1. The van der Waals surface area contributed by atoms with Crippen LogP contribution in [0.25, 0.3) is 11.1 Å². The summed E-state index contributed by atoms with van der Waals surface area (Å²) in [6, 6.07) is 6.92. The van der Waals surface area contributed by atoms with Gasteiger partial charge in [-0.3, -0.25) is 0 Å². The van der Waals surface area contributed by atoms with Crippen LogP contribution < -0.4 is 5.11 Å². The first kappa shape index (κ1) is 13.6. The molecule has 1 N–H and O–H groups in total. The second-order valence-corrected chi connectivity index (χ2v) is 4.65.